The van der Waals surface area contributed by atoms with Crippen LogP contribution in [-0.2, 0) is 19.4 Å². The third-order valence-corrected chi connectivity index (χ3v) is 6.32. The van der Waals surface area contributed by atoms with Gasteiger partial charge in [-0.1, -0.05) is 48.0 Å². The summed E-state index contributed by atoms with van der Waals surface area (Å²) in [7, 11) is -2.19. The fourth-order valence-corrected chi connectivity index (χ4v) is 4.41. The van der Waals surface area contributed by atoms with Crippen LogP contribution in [0.2, 0.25) is 5.02 Å². The van der Waals surface area contributed by atoms with Crippen LogP contribution < -0.4 is 10.1 Å². The molecule has 3 aromatic rings. The van der Waals surface area contributed by atoms with Crippen LogP contribution in [0.5, 0.6) is 5.75 Å². The van der Waals surface area contributed by atoms with Crippen molar-refractivity contribution in [2.45, 2.75) is 17.9 Å². The molecule has 1 unspecified atom stereocenters. The standard InChI is InChI=1S/C24H22ClNO6S/c1-15-9-12-20(31-2)19(13-15)26-23(27)22(16-7-5-4-6-8-16)32-24(28)17-10-11-18(25)21(14-17)33(3,29)30/h4-14,22H,1-3H3,(H,26,27). The van der Waals surface area contributed by atoms with Crippen molar-refractivity contribution < 1.29 is 27.5 Å². The number of aryl methyl sites for hydroxylation is 1. The van der Waals surface area contributed by atoms with Gasteiger partial charge in [-0.3, -0.25) is 4.79 Å². The number of ether oxygens (including phenoxy) is 2. The van der Waals surface area contributed by atoms with Gasteiger partial charge in [0.15, 0.2) is 9.84 Å². The number of carbonyl (C=O) groups is 2. The lowest BCUT2D eigenvalue weighted by Gasteiger charge is -2.19. The van der Waals surface area contributed by atoms with E-state index >= 15 is 0 Å². The number of sulfone groups is 1. The molecule has 0 heterocycles. The zero-order valence-corrected chi connectivity index (χ0v) is 19.7. The highest BCUT2D eigenvalue weighted by molar-refractivity contribution is 7.90. The van der Waals surface area contributed by atoms with E-state index in [4.69, 9.17) is 21.1 Å². The molecule has 1 atom stereocenters. The third-order valence-electron chi connectivity index (χ3n) is 4.74. The summed E-state index contributed by atoms with van der Waals surface area (Å²) in [6.07, 6.45) is -0.319. The molecule has 3 aromatic carbocycles. The molecule has 0 radical (unpaired) electrons. The predicted molar refractivity (Wildman–Crippen MR) is 126 cm³/mol. The van der Waals surface area contributed by atoms with E-state index in [1.165, 1.54) is 19.2 Å². The molecule has 0 bridgehead atoms. The number of benzene rings is 3. The summed E-state index contributed by atoms with van der Waals surface area (Å²) in [5, 5.41) is 2.73. The van der Waals surface area contributed by atoms with Gasteiger partial charge in [0.1, 0.15) is 5.75 Å². The molecule has 172 valence electrons. The first-order valence-corrected chi connectivity index (χ1v) is 12.1. The fraction of sp³-hybridized carbons (Fsp3) is 0.167. The van der Waals surface area contributed by atoms with Crippen molar-refractivity contribution >= 4 is 39.0 Å². The molecule has 3 rings (SSSR count). The zero-order valence-electron chi connectivity index (χ0n) is 18.2. The van der Waals surface area contributed by atoms with Crippen LogP contribution in [0.15, 0.2) is 71.6 Å². The molecule has 0 aliphatic rings. The molecule has 0 fully saturated rings. The van der Waals surface area contributed by atoms with Crippen LogP contribution >= 0.6 is 11.6 Å². The Labute approximate surface area is 197 Å². The number of rotatable bonds is 7. The smallest absolute Gasteiger partial charge is 0.339 e. The lowest BCUT2D eigenvalue weighted by Crippen LogP contribution is -2.26. The molecule has 0 saturated heterocycles. The van der Waals surface area contributed by atoms with E-state index < -0.39 is 27.8 Å². The van der Waals surface area contributed by atoms with Gasteiger partial charge in [-0.2, -0.15) is 0 Å². The maximum atomic E-state index is 13.2. The van der Waals surface area contributed by atoms with Crippen molar-refractivity contribution in [2.75, 3.05) is 18.7 Å². The molecule has 0 aliphatic carbocycles. The van der Waals surface area contributed by atoms with E-state index in [9.17, 15) is 18.0 Å². The SMILES string of the molecule is COc1ccc(C)cc1NC(=O)C(OC(=O)c1ccc(Cl)c(S(C)(=O)=O)c1)c1ccccc1. The summed E-state index contributed by atoms with van der Waals surface area (Å²) in [6.45, 7) is 1.86. The van der Waals surface area contributed by atoms with Gasteiger partial charge in [0.25, 0.3) is 5.91 Å². The summed E-state index contributed by atoms with van der Waals surface area (Å²) in [4.78, 5) is 25.9. The number of anilines is 1. The first kappa shape index (κ1) is 24.3. The van der Waals surface area contributed by atoms with E-state index in [1.54, 1.807) is 42.5 Å². The Bertz CT molecular complexity index is 1290. The number of hydrogen-bond donors (Lipinski definition) is 1. The maximum absolute atomic E-state index is 13.2. The van der Waals surface area contributed by atoms with Crippen LogP contribution in [0.4, 0.5) is 5.69 Å². The van der Waals surface area contributed by atoms with Crippen molar-refractivity contribution in [3.63, 3.8) is 0 Å². The Morgan fingerprint density at radius 3 is 2.33 bits per heavy atom. The minimum atomic E-state index is -3.67. The molecule has 0 aromatic heterocycles. The zero-order chi connectivity index (χ0) is 24.2. The Kier molecular flexibility index (Phi) is 7.40. The third kappa shape index (κ3) is 5.91. The highest BCUT2D eigenvalue weighted by atomic mass is 35.5. The van der Waals surface area contributed by atoms with Crippen molar-refractivity contribution in [1.82, 2.24) is 0 Å². The van der Waals surface area contributed by atoms with Crippen molar-refractivity contribution in [3.05, 3.63) is 88.4 Å². The van der Waals surface area contributed by atoms with Gasteiger partial charge in [0.2, 0.25) is 6.10 Å². The van der Waals surface area contributed by atoms with E-state index in [2.05, 4.69) is 5.32 Å². The van der Waals surface area contributed by atoms with Crippen molar-refractivity contribution in [3.8, 4) is 5.75 Å². The molecule has 7 nitrogen and oxygen atoms in total. The predicted octanol–water partition coefficient (Wildman–Crippen LogP) is 4.60. The van der Waals surface area contributed by atoms with Crippen LogP contribution in [-0.4, -0.2) is 33.7 Å². The van der Waals surface area contributed by atoms with Gasteiger partial charge in [-0.05, 0) is 42.8 Å². The second-order valence-electron chi connectivity index (χ2n) is 7.31. The van der Waals surface area contributed by atoms with Gasteiger partial charge < -0.3 is 14.8 Å². The van der Waals surface area contributed by atoms with Gasteiger partial charge in [0, 0.05) is 11.8 Å². The molecule has 0 aliphatic heterocycles. The van der Waals surface area contributed by atoms with Crippen molar-refractivity contribution in [2.24, 2.45) is 0 Å². The second kappa shape index (κ2) is 10.1. The average Bonchev–Trinajstić information content (AvgIpc) is 2.77. The number of halogens is 1. The highest BCUT2D eigenvalue weighted by Gasteiger charge is 2.27. The summed E-state index contributed by atoms with van der Waals surface area (Å²) in [5.41, 5.74) is 1.70. The largest absolute Gasteiger partial charge is 0.495 e. The number of methoxy groups -OCH3 is 1. The lowest BCUT2D eigenvalue weighted by molar-refractivity contribution is -0.125. The second-order valence-corrected chi connectivity index (χ2v) is 9.70. The molecular weight excluding hydrogens is 466 g/mol. The first-order chi connectivity index (χ1) is 15.6. The quantitative estimate of drug-likeness (QED) is 0.489. The Morgan fingerprint density at radius 1 is 1.00 bits per heavy atom. The minimum Gasteiger partial charge on any atom is -0.495 e. The highest BCUT2D eigenvalue weighted by Crippen LogP contribution is 2.29. The van der Waals surface area contributed by atoms with E-state index in [1.807, 2.05) is 13.0 Å². The normalized spacial score (nSPS) is 12.0. The first-order valence-electron chi connectivity index (χ1n) is 9.81. The number of esters is 1. The fourth-order valence-electron chi connectivity index (χ4n) is 3.11. The van der Waals surface area contributed by atoms with Gasteiger partial charge in [-0.25, -0.2) is 13.2 Å². The summed E-state index contributed by atoms with van der Waals surface area (Å²) >= 11 is 5.96. The van der Waals surface area contributed by atoms with Crippen molar-refractivity contribution in [1.29, 1.82) is 0 Å². The van der Waals surface area contributed by atoms with Crippen LogP contribution in [0.1, 0.15) is 27.6 Å². The monoisotopic (exact) mass is 487 g/mol. The van der Waals surface area contributed by atoms with Gasteiger partial charge >= 0.3 is 5.97 Å². The topological polar surface area (TPSA) is 98.8 Å². The minimum absolute atomic E-state index is 0.0158. The molecule has 0 spiro atoms. The molecule has 1 N–H and O–H groups in total. The number of carbonyl (C=O) groups excluding carboxylic acids is 2. The number of amides is 1. The average molecular weight is 488 g/mol. The van der Waals surface area contributed by atoms with Crippen LogP contribution in [0.25, 0.3) is 0 Å². The summed E-state index contributed by atoms with van der Waals surface area (Å²) in [6, 6.07) is 17.5. The van der Waals surface area contributed by atoms with Gasteiger partial charge in [-0.15, -0.1) is 0 Å². The molecular formula is C24H22ClNO6S. The molecule has 1 amide bonds. The Morgan fingerprint density at radius 2 is 1.70 bits per heavy atom. The van der Waals surface area contributed by atoms with E-state index in [0.29, 0.717) is 17.0 Å². The molecule has 0 saturated carbocycles. The summed E-state index contributed by atoms with van der Waals surface area (Å²) in [5.74, 6) is -1.03. The van der Waals surface area contributed by atoms with E-state index in [0.717, 1.165) is 17.9 Å². The Hall–Kier alpha value is -3.36. The molecule has 33 heavy (non-hydrogen) atoms. The summed E-state index contributed by atoms with van der Waals surface area (Å²) < 4.78 is 34.8. The number of hydrogen-bond acceptors (Lipinski definition) is 6. The van der Waals surface area contributed by atoms with Crippen LogP contribution in [0, 0.1) is 6.92 Å². The Balaban J connectivity index is 1.94. The lowest BCUT2D eigenvalue weighted by atomic mass is 10.1. The maximum Gasteiger partial charge on any atom is 0.339 e. The number of nitrogens with one attached hydrogen (secondary N) is 1. The molecule has 9 heteroatoms. The van der Waals surface area contributed by atoms with E-state index in [-0.39, 0.29) is 15.5 Å². The van der Waals surface area contributed by atoms with Gasteiger partial charge in [0.05, 0.1) is 28.3 Å². The van der Waals surface area contributed by atoms with Crippen LogP contribution in [0.3, 0.4) is 0 Å².